The molecule has 0 aromatic heterocycles. The van der Waals surface area contributed by atoms with Crippen LogP contribution in [0.25, 0.3) is 0 Å². The molecule has 0 saturated carbocycles. The smallest absolute Gasteiger partial charge is 0.128 e. The molecule has 1 unspecified atom stereocenters. The Morgan fingerprint density at radius 2 is 2.05 bits per heavy atom. The quantitative estimate of drug-likeness (QED) is 0.894. The van der Waals surface area contributed by atoms with Crippen molar-refractivity contribution < 1.29 is 9.84 Å². The number of nitrogens with zero attached hydrogens (tertiary/aromatic N) is 1. The van der Waals surface area contributed by atoms with Crippen molar-refractivity contribution in [1.29, 1.82) is 0 Å². The number of hydrogen-bond donors (Lipinski definition) is 2. The predicted molar refractivity (Wildman–Crippen MR) is 84.5 cm³/mol. The second kappa shape index (κ2) is 5.11. The van der Waals surface area contributed by atoms with E-state index >= 15 is 0 Å². The lowest BCUT2D eigenvalue weighted by molar-refractivity contribution is 0.0317. The van der Waals surface area contributed by atoms with Crippen molar-refractivity contribution in [1.82, 2.24) is 4.90 Å². The van der Waals surface area contributed by atoms with E-state index in [0.29, 0.717) is 5.70 Å². The van der Waals surface area contributed by atoms with Crippen LogP contribution in [0.5, 0.6) is 5.75 Å². The summed E-state index contributed by atoms with van der Waals surface area (Å²) in [5.41, 5.74) is 5.88. The molecule has 0 amide bonds. The van der Waals surface area contributed by atoms with E-state index in [9.17, 15) is 5.11 Å². The van der Waals surface area contributed by atoms with Gasteiger partial charge in [0.25, 0.3) is 0 Å². The number of nitrogens with two attached hydrogens (primary N) is 1. The van der Waals surface area contributed by atoms with Gasteiger partial charge in [-0.3, -0.25) is 0 Å². The minimum absolute atomic E-state index is 0.104. The van der Waals surface area contributed by atoms with Crippen LogP contribution in [0.3, 0.4) is 0 Å². The molecule has 1 heterocycles. The van der Waals surface area contributed by atoms with Crippen LogP contribution in [-0.2, 0) is 0 Å². The molecule has 1 aromatic carbocycles. The van der Waals surface area contributed by atoms with Crippen LogP contribution >= 0.6 is 0 Å². The Morgan fingerprint density at radius 3 is 2.57 bits per heavy atom. The molecule has 0 radical (unpaired) electrons. The first kappa shape index (κ1) is 15.4. The number of benzene rings is 1. The third-order valence-corrected chi connectivity index (χ3v) is 3.78. The minimum Gasteiger partial charge on any atom is -0.485 e. The van der Waals surface area contributed by atoms with E-state index in [4.69, 9.17) is 10.5 Å². The molecule has 4 heteroatoms. The van der Waals surface area contributed by atoms with E-state index in [-0.39, 0.29) is 6.04 Å². The maximum Gasteiger partial charge on any atom is 0.128 e. The van der Waals surface area contributed by atoms with Crippen LogP contribution in [0, 0.1) is 0 Å². The second-order valence-corrected chi connectivity index (χ2v) is 6.35. The van der Waals surface area contributed by atoms with Crippen LogP contribution < -0.4 is 10.5 Å². The zero-order valence-electron chi connectivity index (χ0n) is 13.1. The fourth-order valence-electron chi connectivity index (χ4n) is 2.95. The number of rotatable bonds is 4. The van der Waals surface area contributed by atoms with Crippen molar-refractivity contribution in [2.45, 2.75) is 44.9 Å². The summed E-state index contributed by atoms with van der Waals surface area (Å²) < 4.78 is 6.06. The Bertz CT molecular complexity index is 570. The van der Waals surface area contributed by atoms with Gasteiger partial charge in [-0.1, -0.05) is 24.8 Å². The van der Waals surface area contributed by atoms with Crippen LogP contribution in [0.1, 0.15) is 39.3 Å². The van der Waals surface area contributed by atoms with Crippen LogP contribution in [0.2, 0.25) is 0 Å². The normalized spacial score (nSPS) is 20.6. The maximum atomic E-state index is 10.4. The fraction of sp³-hybridized carbons (Fsp3) is 0.412. The van der Waals surface area contributed by atoms with Crippen molar-refractivity contribution in [2.24, 2.45) is 5.73 Å². The Morgan fingerprint density at radius 1 is 1.43 bits per heavy atom. The largest absolute Gasteiger partial charge is 0.485 e. The number of fused-ring (bicyclic) bond motifs is 1. The monoisotopic (exact) mass is 288 g/mol. The topological polar surface area (TPSA) is 58.7 Å². The van der Waals surface area contributed by atoms with Crippen LogP contribution in [-0.4, -0.2) is 21.2 Å². The second-order valence-electron chi connectivity index (χ2n) is 6.35. The summed E-state index contributed by atoms with van der Waals surface area (Å²) in [7, 11) is 0. The molecule has 1 aromatic rings. The molecule has 0 saturated heterocycles. The van der Waals surface area contributed by atoms with Crippen molar-refractivity contribution >= 4 is 0 Å². The molecule has 4 nitrogen and oxygen atoms in total. The van der Waals surface area contributed by atoms with Crippen LogP contribution in [0.4, 0.5) is 0 Å². The molecular formula is C17H24N2O2. The summed E-state index contributed by atoms with van der Waals surface area (Å²) in [6.07, 6.45) is 3.12. The summed E-state index contributed by atoms with van der Waals surface area (Å²) in [5.74, 6) is 0.853. The first-order valence-electron chi connectivity index (χ1n) is 7.06. The van der Waals surface area contributed by atoms with Gasteiger partial charge in [-0.25, -0.2) is 0 Å². The molecule has 0 bridgehead atoms. The van der Waals surface area contributed by atoms with Gasteiger partial charge in [0.15, 0.2) is 0 Å². The summed E-state index contributed by atoms with van der Waals surface area (Å²) in [5, 5.41) is 10.4. The molecule has 0 aliphatic carbocycles. The molecule has 3 N–H and O–H groups in total. The van der Waals surface area contributed by atoms with Gasteiger partial charge in [-0.2, -0.15) is 0 Å². The SMILES string of the molecule is C=CN(/C(=C\N)C(C)(C)O)C1c2ccccc2OC1(C)C. The maximum absolute atomic E-state index is 10.4. The van der Waals surface area contributed by atoms with Gasteiger partial charge in [0, 0.05) is 11.8 Å². The third-order valence-electron chi connectivity index (χ3n) is 3.78. The zero-order chi connectivity index (χ0) is 15.8. The Kier molecular flexibility index (Phi) is 3.76. The summed E-state index contributed by atoms with van der Waals surface area (Å²) in [4.78, 5) is 1.89. The highest BCUT2D eigenvalue weighted by Gasteiger charge is 2.46. The molecule has 0 fully saturated rings. The molecular weight excluding hydrogens is 264 g/mol. The van der Waals surface area contributed by atoms with Crippen LogP contribution in [0.15, 0.2) is 48.9 Å². The van der Waals surface area contributed by atoms with Gasteiger partial charge in [0.05, 0.1) is 5.70 Å². The number of hydrogen-bond acceptors (Lipinski definition) is 4. The third kappa shape index (κ3) is 2.63. The molecule has 1 aliphatic rings. The first-order valence-corrected chi connectivity index (χ1v) is 7.06. The highest BCUT2D eigenvalue weighted by molar-refractivity contribution is 5.43. The van der Waals surface area contributed by atoms with E-state index in [0.717, 1.165) is 11.3 Å². The Labute approximate surface area is 126 Å². The molecule has 1 atom stereocenters. The zero-order valence-corrected chi connectivity index (χ0v) is 13.1. The van der Waals surface area contributed by atoms with Crippen molar-refractivity contribution in [3.05, 3.63) is 54.5 Å². The summed E-state index contributed by atoms with van der Waals surface area (Å²) in [6, 6.07) is 7.81. The van der Waals surface area contributed by atoms with Crippen molar-refractivity contribution in [3.63, 3.8) is 0 Å². The predicted octanol–water partition coefficient (Wildman–Crippen LogP) is 2.92. The lowest BCUT2D eigenvalue weighted by Gasteiger charge is -2.40. The molecule has 2 rings (SSSR count). The Balaban J connectivity index is 2.54. The van der Waals surface area contributed by atoms with Crippen molar-refractivity contribution in [3.8, 4) is 5.75 Å². The van der Waals surface area contributed by atoms with Crippen molar-refractivity contribution in [2.75, 3.05) is 0 Å². The lowest BCUT2D eigenvalue weighted by Crippen LogP contribution is -2.43. The Hall–Kier alpha value is -1.94. The molecule has 0 spiro atoms. The molecule has 21 heavy (non-hydrogen) atoms. The number of para-hydroxylation sites is 1. The van der Waals surface area contributed by atoms with Gasteiger partial charge >= 0.3 is 0 Å². The summed E-state index contributed by atoms with van der Waals surface area (Å²) in [6.45, 7) is 11.3. The van der Waals surface area contributed by atoms with E-state index in [1.54, 1.807) is 20.0 Å². The fourth-order valence-corrected chi connectivity index (χ4v) is 2.95. The van der Waals surface area contributed by atoms with Gasteiger partial charge < -0.3 is 20.5 Å². The van der Waals surface area contributed by atoms with E-state index in [1.165, 1.54) is 6.20 Å². The standard InChI is InChI=1S/C17H24N2O2/c1-6-19(14(11-18)16(2,3)20)15-12-9-7-8-10-13(12)21-17(15,4)5/h6-11,15,20H,1,18H2,2-5H3/b14-11-. The van der Waals surface area contributed by atoms with E-state index < -0.39 is 11.2 Å². The molecule has 1 aliphatic heterocycles. The van der Waals surface area contributed by atoms with Gasteiger partial charge in [0.1, 0.15) is 23.0 Å². The average Bonchev–Trinajstić information content (AvgIpc) is 2.64. The lowest BCUT2D eigenvalue weighted by atomic mass is 9.91. The van der Waals surface area contributed by atoms with Gasteiger partial charge in [0.2, 0.25) is 0 Å². The first-order chi connectivity index (χ1) is 9.72. The molecule has 114 valence electrons. The summed E-state index contributed by atoms with van der Waals surface area (Å²) >= 11 is 0. The number of ether oxygens (including phenoxy) is 1. The minimum atomic E-state index is -1.07. The highest BCUT2D eigenvalue weighted by Crippen LogP contribution is 2.48. The average molecular weight is 288 g/mol. The highest BCUT2D eigenvalue weighted by atomic mass is 16.5. The number of aliphatic hydroxyl groups is 1. The van der Waals surface area contributed by atoms with E-state index in [2.05, 4.69) is 6.58 Å². The van der Waals surface area contributed by atoms with E-state index in [1.807, 2.05) is 43.0 Å². The van der Waals surface area contributed by atoms with Gasteiger partial charge in [-0.05, 0) is 40.0 Å². The van der Waals surface area contributed by atoms with Gasteiger partial charge in [-0.15, -0.1) is 0 Å².